The first-order valence-electron chi connectivity index (χ1n) is 10.5. The third-order valence-electron chi connectivity index (χ3n) is 5.88. The fourth-order valence-electron chi connectivity index (χ4n) is 4.49. The van der Waals surface area contributed by atoms with Crippen LogP contribution in [0.5, 0.6) is 5.75 Å². The third-order valence-corrected chi connectivity index (χ3v) is 5.88. The summed E-state index contributed by atoms with van der Waals surface area (Å²) in [4.78, 5) is 17.7. The Morgan fingerprint density at radius 1 is 1.35 bits per heavy atom. The monoisotopic (exact) mass is 422 g/mol. The van der Waals surface area contributed by atoms with E-state index >= 15 is 0 Å². The molecular formula is C24H30N4O3. The number of carbonyl (C=O) groups is 1. The van der Waals surface area contributed by atoms with E-state index in [-0.39, 0.29) is 17.5 Å². The number of urea groups is 1. The Kier molecular flexibility index (Phi) is 5.52. The van der Waals surface area contributed by atoms with E-state index in [2.05, 4.69) is 29.5 Å². The van der Waals surface area contributed by atoms with E-state index in [0.717, 1.165) is 41.3 Å². The zero-order chi connectivity index (χ0) is 22.2. The smallest absolute Gasteiger partial charge is 0.316 e. The van der Waals surface area contributed by atoms with Crippen LogP contribution >= 0.6 is 0 Å². The molecule has 3 aromatic rings. The van der Waals surface area contributed by atoms with Crippen molar-refractivity contribution in [2.24, 2.45) is 12.5 Å². The molecule has 1 aliphatic carbocycles. The summed E-state index contributed by atoms with van der Waals surface area (Å²) in [5, 5.41) is 6.29. The zero-order valence-electron chi connectivity index (χ0n) is 18.7. The van der Waals surface area contributed by atoms with Crippen molar-refractivity contribution in [2.45, 2.75) is 45.7 Å². The number of fused-ring (bicyclic) bond motifs is 1. The summed E-state index contributed by atoms with van der Waals surface area (Å²) in [5.74, 6) is 3.25. The molecule has 0 aliphatic heterocycles. The number of methoxy groups -OCH3 is 1. The van der Waals surface area contributed by atoms with Gasteiger partial charge in [0.25, 0.3) is 0 Å². The number of benzene rings is 1. The summed E-state index contributed by atoms with van der Waals surface area (Å²) >= 11 is 0. The number of nitrogens with one attached hydrogen (secondary N) is 2. The van der Waals surface area contributed by atoms with E-state index in [1.165, 1.54) is 0 Å². The lowest BCUT2D eigenvalue weighted by Gasteiger charge is -2.35. The molecule has 2 atom stereocenters. The SMILES string of the molecule is COc1ccccc1C(NC(=O)NC1CC(C)(C)Cc2oc(C)cc21)c1nccn1C. The average molecular weight is 423 g/mol. The number of aromatic nitrogens is 2. The number of imidazole rings is 1. The van der Waals surface area contributed by atoms with E-state index < -0.39 is 6.04 Å². The third kappa shape index (κ3) is 4.31. The van der Waals surface area contributed by atoms with E-state index in [1.54, 1.807) is 13.3 Å². The Balaban J connectivity index is 1.61. The summed E-state index contributed by atoms with van der Waals surface area (Å²) in [5.41, 5.74) is 1.95. The molecule has 0 fully saturated rings. The highest BCUT2D eigenvalue weighted by Gasteiger charge is 2.36. The second-order valence-electron chi connectivity index (χ2n) is 9.02. The van der Waals surface area contributed by atoms with Gasteiger partial charge in [-0.2, -0.15) is 0 Å². The van der Waals surface area contributed by atoms with Crippen LogP contribution < -0.4 is 15.4 Å². The molecule has 31 heavy (non-hydrogen) atoms. The Morgan fingerprint density at radius 2 is 2.13 bits per heavy atom. The Morgan fingerprint density at radius 3 is 2.84 bits per heavy atom. The van der Waals surface area contributed by atoms with Gasteiger partial charge in [-0.1, -0.05) is 32.0 Å². The second kappa shape index (κ2) is 8.13. The van der Waals surface area contributed by atoms with Gasteiger partial charge in [0.1, 0.15) is 29.1 Å². The molecule has 2 aromatic heterocycles. The van der Waals surface area contributed by atoms with Gasteiger partial charge in [-0.3, -0.25) is 0 Å². The van der Waals surface area contributed by atoms with Gasteiger partial charge >= 0.3 is 6.03 Å². The molecular weight excluding hydrogens is 392 g/mol. The summed E-state index contributed by atoms with van der Waals surface area (Å²) < 4.78 is 13.4. The molecule has 0 radical (unpaired) electrons. The molecule has 0 spiro atoms. The van der Waals surface area contributed by atoms with Gasteiger partial charge in [-0.15, -0.1) is 0 Å². The molecule has 2 amide bonds. The van der Waals surface area contributed by atoms with Crippen molar-refractivity contribution >= 4 is 6.03 Å². The Labute approximate surface area is 182 Å². The fraction of sp³-hybridized carbons (Fsp3) is 0.417. The van der Waals surface area contributed by atoms with Gasteiger partial charge in [-0.05, 0) is 30.9 Å². The maximum atomic E-state index is 13.2. The number of amides is 2. The molecule has 7 nitrogen and oxygen atoms in total. The molecule has 0 saturated heterocycles. The number of ether oxygens (including phenoxy) is 1. The number of hydrogen-bond acceptors (Lipinski definition) is 4. The molecule has 164 valence electrons. The number of nitrogens with zero attached hydrogens (tertiary/aromatic N) is 2. The summed E-state index contributed by atoms with van der Waals surface area (Å²) in [7, 11) is 3.54. The van der Waals surface area contributed by atoms with E-state index in [4.69, 9.17) is 9.15 Å². The molecule has 4 rings (SSSR count). The van der Waals surface area contributed by atoms with Gasteiger partial charge < -0.3 is 24.4 Å². The lowest BCUT2D eigenvalue weighted by Crippen LogP contribution is -2.43. The highest BCUT2D eigenvalue weighted by atomic mass is 16.5. The average Bonchev–Trinajstić information content (AvgIpc) is 3.30. The fourth-order valence-corrected chi connectivity index (χ4v) is 4.49. The van der Waals surface area contributed by atoms with Crippen LogP contribution in [0.1, 0.15) is 60.8 Å². The molecule has 0 bridgehead atoms. The van der Waals surface area contributed by atoms with Gasteiger partial charge in [0.2, 0.25) is 0 Å². The number of carbonyl (C=O) groups excluding carboxylic acids is 1. The highest BCUT2D eigenvalue weighted by molar-refractivity contribution is 5.75. The van der Waals surface area contributed by atoms with Crippen LogP contribution in [0.15, 0.2) is 47.1 Å². The summed E-state index contributed by atoms with van der Waals surface area (Å²) in [6.07, 6.45) is 5.30. The van der Waals surface area contributed by atoms with Crippen molar-refractivity contribution in [3.8, 4) is 5.75 Å². The predicted molar refractivity (Wildman–Crippen MR) is 118 cm³/mol. The molecule has 0 saturated carbocycles. The van der Waals surface area contributed by atoms with Crippen molar-refractivity contribution in [3.63, 3.8) is 0 Å². The molecule has 7 heteroatoms. The summed E-state index contributed by atoms with van der Waals surface area (Å²) in [6.45, 7) is 6.35. The van der Waals surface area contributed by atoms with Crippen molar-refractivity contribution in [2.75, 3.05) is 7.11 Å². The molecule has 2 N–H and O–H groups in total. The van der Waals surface area contributed by atoms with Crippen LogP contribution in [0.25, 0.3) is 0 Å². The maximum absolute atomic E-state index is 13.2. The van der Waals surface area contributed by atoms with Gasteiger partial charge in [-0.25, -0.2) is 9.78 Å². The van der Waals surface area contributed by atoms with Gasteiger partial charge in [0.15, 0.2) is 0 Å². The highest BCUT2D eigenvalue weighted by Crippen LogP contribution is 2.42. The minimum Gasteiger partial charge on any atom is -0.496 e. The quantitative estimate of drug-likeness (QED) is 0.637. The normalized spacial score (nSPS) is 18.2. The van der Waals surface area contributed by atoms with Crippen LogP contribution in [-0.4, -0.2) is 22.7 Å². The zero-order valence-corrected chi connectivity index (χ0v) is 18.7. The standard InChI is InChI=1S/C24H30N4O3/c1-15-12-17-18(13-24(2,3)14-20(17)31-15)26-23(29)27-21(22-25-10-11-28(22)4)16-8-6-7-9-19(16)30-5/h6-12,18,21H,13-14H2,1-5H3,(H2,26,27,29). The lowest BCUT2D eigenvalue weighted by atomic mass is 9.75. The number of furan rings is 1. The topological polar surface area (TPSA) is 81.3 Å². The van der Waals surface area contributed by atoms with Crippen LogP contribution in [-0.2, 0) is 13.5 Å². The van der Waals surface area contributed by atoms with Crippen molar-refractivity contribution in [1.29, 1.82) is 0 Å². The Hall–Kier alpha value is -3.22. The minimum atomic E-state index is -0.460. The van der Waals surface area contributed by atoms with E-state index in [9.17, 15) is 4.79 Å². The number of para-hydroxylation sites is 1. The van der Waals surface area contributed by atoms with Crippen molar-refractivity contribution < 1.29 is 13.9 Å². The number of hydrogen-bond donors (Lipinski definition) is 2. The van der Waals surface area contributed by atoms with E-state index in [1.807, 2.05) is 55.1 Å². The van der Waals surface area contributed by atoms with Crippen LogP contribution in [0.2, 0.25) is 0 Å². The van der Waals surface area contributed by atoms with Crippen LogP contribution in [0.4, 0.5) is 4.79 Å². The maximum Gasteiger partial charge on any atom is 0.316 e. The lowest BCUT2D eigenvalue weighted by molar-refractivity contribution is 0.212. The van der Waals surface area contributed by atoms with Crippen molar-refractivity contribution in [1.82, 2.24) is 20.2 Å². The van der Waals surface area contributed by atoms with Crippen molar-refractivity contribution in [3.05, 3.63) is 71.2 Å². The van der Waals surface area contributed by atoms with Gasteiger partial charge in [0, 0.05) is 37.0 Å². The Bertz CT molecular complexity index is 1080. The molecule has 2 heterocycles. The molecule has 1 aliphatic rings. The number of rotatable bonds is 5. The largest absolute Gasteiger partial charge is 0.496 e. The summed E-state index contributed by atoms with van der Waals surface area (Å²) in [6, 6.07) is 8.86. The van der Waals surface area contributed by atoms with Crippen LogP contribution in [0.3, 0.4) is 0 Å². The minimum absolute atomic E-state index is 0.0387. The predicted octanol–water partition coefficient (Wildman–Crippen LogP) is 4.43. The van der Waals surface area contributed by atoms with Gasteiger partial charge in [0.05, 0.1) is 13.2 Å². The molecule has 2 unspecified atom stereocenters. The first kappa shape index (κ1) is 21.0. The van der Waals surface area contributed by atoms with E-state index in [0.29, 0.717) is 5.75 Å². The number of aryl methyl sites for hydroxylation is 2. The first-order chi connectivity index (χ1) is 14.8. The molecule has 1 aromatic carbocycles. The van der Waals surface area contributed by atoms with Crippen LogP contribution in [0, 0.1) is 12.3 Å². The first-order valence-corrected chi connectivity index (χ1v) is 10.5. The second-order valence-corrected chi connectivity index (χ2v) is 9.02.